The Morgan fingerprint density at radius 1 is 1.15 bits per heavy atom. The minimum atomic E-state index is -3.83. The second kappa shape index (κ2) is 12.8. The van der Waals surface area contributed by atoms with Crippen molar-refractivity contribution in [2.45, 2.75) is 75.2 Å². The molecule has 1 aliphatic heterocycles. The Morgan fingerprint density at radius 3 is 2.67 bits per heavy atom. The van der Waals surface area contributed by atoms with Crippen LogP contribution >= 0.6 is 11.3 Å². The summed E-state index contributed by atoms with van der Waals surface area (Å²) in [7, 11) is -2.13. The number of fused-ring (bicyclic) bond motifs is 2. The summed E-state index contributed by atoms with van der Waals surface area (Å²) >= 11 is 1.44. The van der Waals surface area contributed by atoms with E-state index in [1.807, 2.05) is 36.6 Å². The molecule has 5 atom stereocenters. The van der Waals surface area contributed by atoms with Gasteiger partial charge in [0.15, 0.2) is 0 Å². The van der Waals surface area contributed by atoms with Gasteiger partial charge in [0.05, 0.1) is 22.8 Å². The molecule has 14 heteroatoms. The third-order valence-electron chi connectivity index (χ3n) is 9.34. The molecule has 4 aliphatic rings. The van der Waals surface area contributed by atoms with Crippen LogP contribution in [0.1, 0.15) is 56.9 Å². The third kappa shape index (κ3) is 6.82. The van der Waals surface area contributed by atoms with E-state index in [2.05, 4.69) is 20.3 Å². The molecule has 6 rings (SSSR count). The molecule has 12 nitrogen and oxygen atoms in total. The quantitative estimate of drug-likeness (QED) is 0.392. The van der Waals surface area contributed by atoms with E-state index in [1.54, 1.807) is 24.2 Å². The number of sulfonamides is 1. The highest BCUT2D eigenvalue weighted by Gasteiger charge is 2.62. The zero-order chi connectivity index (χ0) is 32.6. The molecule has 1 aromatic heterocycles. The average Bonchev–Trinajstić information content (AvgIpc) is 3.87. The van der Waals surface area contributed by atoms with Gasteiger partial charge in [-0.05, 0) is 70.4 Å². The molecule has 0 radical (unpaired) electrons. The summed E-state index contributed by atoms with van der Waals surface area (Å²) in [6.07, 6.45) is 7.83. The molecular formula is C32H39N5O7S2. The van der Waals surface area contributed by atoms with Crippen LogP contribution in [0.3, 0.4) is 0 Å². The molecule has 3 N–H and O–H groups in total. The zero-order valence-electron chi connectivity index (χ0n) is 25.9. The lowest BCUT2D eigenvalue weighted by Crippen LogP contribution is -2.54. The summed E-state index contributed by atoms with van der Waals surface area (Å²) in [5.74, 6) is -3.55. The lowest BCUT2D eigenvalue weighted by Gasteiger charge is -2.26. The maximum atomic E-state index is 13.9. The Kier molecular flexibility index (Phi) is 8.94. The molecular weight excluding hydrogens is 631 g/mol. The van der Waals surface area contributed by atoms with E-state index in [0.717, 1.165) is 35.4 Å². The van der Waals surface area contributed by atoms with Gasteiger partial charge in [0.1, 0.15) is 16.7 Å². The number of aromatic nitrogens is 1. The fourth-order valence-corrected chi connectivity index (χ4v) is 8.51. The third-order valence-corrected chi connectivity index (χ3v) is 12.0. The van der Waals surface area contributed by atoms with Crippen molar-refractivity contribution in [2.24, 2.45) is 17.8 Å². The van der Waals surface area contributed by atoms with Gasteiger partial charge in [0, 0.05) is 36.7 Å². The largest absolute Gasteiger partial charge is 0.446 e. The maximum Gasteiger partial charge on any atom is 0.411 e. The number of rotatable bonds is 6. The van der Waals surface area contributed by atoms with Crippen LogP contribution in [0.4, 0.5) is 10.5 Å². The summed E-state index contributed by atoms with van der Waals surface area (Å²) in [4.78, 5) is 60.1. The van der Waals surface area contributed by atoms with E-state index in [4.69, 9.17) is 4.74 Å². The van der Waals surface area contributed by atoms with Crippen molar-refractivity contribution in [3.63, 3.8) is 0 Å². The first-order valence-electron chi connectivity index (χ1n) is 15.7. The molecule has 3 saturated carbocycles. The molecule has 2 heterocycles. The number of amides is 4. The van der Waals surface area contributed by atoms with Gasteiger partial charge in [-0.1, -0.05) is 23.8 Å². The Bertz CT molecular complexity index is 1660. The van der Waals surface area contributed by atoms with E-state index in [9.17, 15) is 27.6 Å². The number of hydrogen-bond acceptors (Lipinski definition) is 9. The molecule has 1 aromatic carbocycles. The molecule has 4 amide bonds. The lowest BCUT2D eigenvalue weighted by molar-refractivity contribution is -0.140. The van der Waals surface area contributed by atoms with Gasteiger partial charge in [-0.25, -0.2) is 18.2 Å². The fourth-order valence-electron chi connectivity index (χ4n) is 6.48. The molecule has 246 valence electrons. The second-order valence-corrected chi connectivity index (χ2v) is 15.7. The van der Waals surface area contributed by atoms with Crippen molar-refractivity contribution < 1.29 is 32.3 Å². The van der Waals surface area contributed by atoms with Crippen molar-refractivity contribution in [2.75, 3.05) is 18.9 Å². The predicted octanol–water partition coefficient (Wildman–Crippen LogP) is 3.74. The summed E-state index contributed by atoms with van der Waals surface area (Å²) in [6.45, 7) is 2.47. The molecule has 0 bridgehead atoms. The van der Waals surface area contributed by atoms with Crippen molar-refractivity contribution >= 4 is 50.9 Å². The summed E-state index contributed by atoms with van der Waals surface area (Å²) in [5.41, 5.74) is 0.855. The van der Waals surface area contributed by atoms with Crippen molar-refractivity contribution in [3.8, 4) is 10.6 Å². The van der Waals surface area contributed by atoms with Crippen LogP contribution in [0.5, 0.6) is 0 Å². The smallest absolute Gasteiger partial charge is 0.411 e. The number of carbonyl (C=O) groups excluding carboxylic acids is 4. The zero-order valence-corrected chi connectivity index (χ0v) is 27.5. The second-order valence-electron chi connectivity index (χ2n) is 12.9. The Balaban J connectivity index is 1.20. The van der Waals surface area contributed by atoms with Gasteiger partial charge in [-0.15, -0.1) is 11.3 Å². The van der Waals surface area contributed by atoms with Crippen LogP contribution < -0.4 is 15.4 Å². The van der Waals surface area contributed by atoms with Crippen molar-refractivity contribution in [1.82, 2.24) is 19.9 Å². The van der Waals surface area contributed by atoms with Gasteiger partial charge >= 0.3 is 6.09 Å². The fraction of sp³-hybridized carbons (Fsp3) is 0.531. The minimum absolute atomic E-state index is 0.0787. The molecule has 3 fully saturated rings. The number of nitrogens with zero attached hydrogens (tertiary/aromatic N) is 2. The molecule has 2 aromatic rings. The van der Waals surface area contributed by atoms with Gasteiger partial charge in [-0.2, -0.15) is 0 Å². The SMILES string of the molecule is Cc1ccc(NC(=O)O[C@@H]2C[C@H]3C(=O)N[C@]4(C(=O)NS(=O)(=O)C5CC5)C[C@@H]4/C=C\CCCCN(C)C(=O)[C@@H]3C2)c(-c2nccs2)c1. The predicted molar refractivity (Wildman–Crippen MR) is 172 cm³/mol. The number of benzene rings is 1. The molecule has 0 unspecified atom stereocenters. The minimum Gasteiger partial charge on any atom is -0.446 e. The van der Waals surface area contributed by atoms with E-state index >= 15 is 0 Å². The normalized spacial score (nSPS) is 29.0. The van der Waals surface area contributed by atoms with E-state index in [-0.39, 0.29) is 31.1 Å². The maximum absolute atomic E-state index is 13.9. The van der Waals surface area contributed by atoms with Crippen LogP contribution in [0.25, 0.3) is 10.6 Å². The molecule has 0 spiro atoms. The van der Waals surface area contributed by atoms with E-state index < -0.39 is 56.7 Å². The highest BCUT2D eigenvalue weighted by Crippen LogP contribution is 2.47. The average molecular weight is 670 g/mol. The molecule has 3 aliphatic carbocycles. The number of aryl methyl sites for hydroxylation is 1. The van der Waals surface area contributed by atoms with Gasteiger partial charge < -0.3 is 15.0 Å². The number of ether oxygens (including phenoxy) is 1. The summed E-state index contributed by atoms with van der Waals surface area (Å²) in [5, 5.41) is 7.65. The van der Waals surface area contributed by atoms with Crippen molar-refractivity contribution in [3.05, 3.63) is 47.5 Å². The monoisotopic (exact) mass is 669 g/mol. The summed E-state index contributed by atoms with van der Waals surface area (Å²) in [6, 6.07) is 5.57. The highest BCUT2D eigenvalue weighted by molar-refractivity contribution is 7.91. The Labute approximate surface area is 272 Å². The number of nitrogens with one attached hydrogen (secondary N) is 3. The number of hydrogen-bond donors (Lipinski definition) is 3. The van der Waals surface area contributed by atoms with Crippen LogP contribution in [0.2, 0.25) is 0 Å². The number of thiazole rings is 1. The van der Waals surface area contributed by atoms with E-state index in [1.165, 1.54) is 11.3 Å². The van der Waals surface area contributed by atoms with Crippen molar-refractivity contribution in [1.29, 1.82) is 0 Å². The topological polar surface area (TPSA) is 164 Å². The van der Waals surface area contributed by atoms with Crippen LogP contribution in [-0.4, -0.2) is 72.6 Å². The van der Waals surface area contributed by atoms with Crippen LogP contribution in [0, 0.1) is 24.7 Å². The number of anilines is 1. The first-order valence-corrected chi connectivity index (χ1v) is 18.2. The Morgan fingerprint density at radius 2 is 1.93 bits per heavy atom. The Hall–Kier alpha value is -3.78. The summed E-state index contributed by atoms with van der Waals surface area (Å²) < 4.78 is 33.2. The highest BCUT2D eigenvalue weighted by atomic mass is 32.2. The van der Waals surface area contributed by atoms with Gasteiger partial charge in [0.25, 0.3) is 5.91 Å². The molecule has 0 saturated heterocycles. The van der Waals surface area contributed by atoms with Crippen LogP contribution in [0.15, 0.2) is 41.9 Å². The first kappa shape index (κ1) is 32.2. The van der Waals surface area contributed by atoms with Gasteiger partial charge in [-0.3, -0.25) is 24.4 Å². The lowest BCUT2D eigenvalue weighted by atomic mass is 9.93. The van der Waals surface area contributed by atoms with Gasteiger partial charge in [0.2, 0.25) is 21.8 Å². The number of allylic oxidation sites excluding steroid dienone is 1. The van der Waals surface area contributed by atoms with E-state index in [0.29, 0.717) is 25.1 Å². The standard InChI is InChI=1S/C32H39N5O7S2/c1-19-8-11-26(25(15-19)28-33-12-14-45-28)34-31(41)44-21-16-23-24(17-21)29(39)37(2)13-6-4-3-5-7-20-18-32(20,35-27(23)38)30(40)36-46(42,43)22-9-10-22/h5,7-8,11-12,14-15,20-24H,3-4,6,9-10,13,16-18H2,1-2H3,(H,34,41)(H,35,38)(H,36,40)/b7-5-/t20-,21+,23+,24+,32+/m0/s1. The molecule has 46 heavy (non-hydrogen) atoms. The number of carbonyl (C=O) groups is 4. The first-order chi connectivity index (χ1) is 22.0. The van der Waals surface area contributed by atoms with Crippen LogP contribution in [-0.2, 0) is 29.1 Å².